The summed E-state index contributed by atoms with van der Waals surface area (Å²) in [4.78, 5) is 0. The van der Waals surface area contributed by atoms with E-state index in [0.717, 1.165) is 19.3 Å². The van der Waals surface area contributed by atoms with Crippen LogP contribution in [0.3, 0.4) is 0 Å². The molecule has 88 valence electrons. The number of rotatable bonds is 6. The lowest BCUT2D eigenvalue weighted by molar-refractivity contribution is 0.515. The number of hydrazine groups is 1. The molecule has 0 aliphatic carbocycles. The topological polar surface area (TPSA) is 38.0 Å². The van der Waals surface area contributed by atoms with Crippen molar-refractivity contribution in [2.75, 3.05) is 0 Å². The van der Waals surface area contributed by atoms with Crippen molar-refractivity contribution in [1.29, 1.82) is 0 Å². The van der Waals surface area contributed by atoms with Gasteiger partial charge in [0.2, 0.25) is 0 Å². The summed E-state index contributed by atoms with van der Waals surface area (Å²) in [7, 11) is 0. The lowest BCUT2D eigenvalue weighted by Crippen LogP contribution is -2.28. The Balaban J connectivity index is 2.66. The zero-order chi connectivity index (χ0) is 12.0. The molecule has 0 radical (unpaired) electrons. The van der Waals surface area contributed by atoms with Gasteiger partial charge < -0.3 is 0 Å². The molecule has 0 heterocycles. The van der Waals surface area contributed by atoms with Crippen molar-refractivity contribution in [3.05, 3.63) is 47.5 Å². The van der Waals surface area contributed by atoms with E-state index in [1.165, 1.54) is 16.7 Å². The second-order valence-corrected chi connectivity index (χ2v) is 4.31. The van der Waals surface area contributed by atoms with Crippen molar-refractivity contribution in [2.24, 2.45) is 5.84 Å². The molecule has 0 aliphatic heterocycles. The van der Waals surface area contributed by atoms with Crippen LogP contribution in [0.15, 0.2) is 36.4 Å². The fourth-order valence-corrected chi connectivity index (χ4v) is 1.72. The van der Waals surface area contributed by atoms with Gasteiger partial charge in [-0.15, -0.1) is 6.58 Å². The third kappa shape index (κ3) is 3.80. The summed E-state index contributed by atoms with van der Waals surface area (Å²) in [5.74, 6) is 5.58. The SMILES string of the molecule is C=C(C)CCC(NN)c1ccc(CC)cc1. The summed E-state index contributed by atoms with van der Waals surface area (Å²) in [6.07, 6.45) is 3.08. The van der Waals surface area contributed by atoms with E-state index >= 15 is 0 Å². The average molecular weight is 218 g/mol. The Kier molecular flexibility index (Phi) is 5.23. The van der Waals surface area contributed by atoms with Crippen LogP contribution >= 0.6 is 0 Å². The minimum Gasteiger partial charge on any atom is -0.271 e. The number of nitrogens with two attached hydrogens (primary N) is 1. The first-order valence-corrected chi connectivity index (χ1v) is 5.86. The molecular weight excluding hydrogens is 196 g/mol. The highest BCUT2D eigenvalue weighted by atomic mass is 15.2. The lowest BCUT2D eigenvalue weighted by Gasteiger charge is -2.16. The van der Waals surface area contributed by atoms with Crippen LogP contribution in [-0.2, 0) is 6.42 Å². The Labute approximate surface area is 98.5 Å². The van der Waals surface area contributed by atoms with Crippen LogP contribution in [0.2, 0.25) is 0 Å². The van der Waals surface area contributed by atoms with Crippen molar-refractivity contribution >= 4 is 0 Å². The molecule has 1 atom stereocenters. The van der Waals surface area contributed by atoms with E-state index in [9.17, 15) is 0 Å². The highest BCUT2D eigenvalue weighted by Gasteiger charge is 2.08. The van der Waals surface area contributed by atoms with Gasteiger partial charge in [-0.05, 0) is 37.3 Å². The molecule has 1 aromatic carbocycles. The maximum absolute atomic E-state index is 5.58. The molecule has 2 heteroatoms. The highest BCUT2D eigenvalue weighted by molar-refractivity contribution is 5.25. The summed E-state index contributed by atoms with van der Waals surface area (Å²) in [5.41, 5.74) is 6.68. The maximum Gasteiger partial charge on any atom is 0.0463 e. The van der Waals surface area contributed by atoms with E-state index in [1.54, 1.807) is 0 Å². The maximum atomic E-state index is 5.58. The summed E-state index contributed by atoms with van der Waals surface area (Å²) in [6.45, 7) is 8.12. The van der Waals surface area contributed by atoms with Gasteiger partial charge in [-0.25, -0.2) is 0 Å². The standard InChI is InChI=1S/C14H22N2/c1-4-12-6-8-13(9-7-12)14(16-15)10-5-11(2)3/h6-9,14,16H,2,4-5,10,15H2,1,3H3. The molecule has 0 spiro atoms. The third-order valence-electron chi connectivity index (χ3n) is 2.85. The molecule has 1 unspecified atom stereocenters. The van der Waals surface area contributed by atoms with Gasteiger partial charge in [-0.3, -0.25) is 11.3 Å². The first kappa shape index (κ1) is 12.9. The Morgan fingerprint density at radius 1 is 1.38 bits per heavy atom. The van der Waals surface area contributed by atoms with E-state index in [0.29, 0.717) is 0 Å². The molecule has 3 N–H and O–H groups in total. The molecule has 1 aromatic rings. The number of allylic oxidation sites excluding steroid dienone is 1. The van der Waals surface area contributed by atoms with Gasteiger partial charge in [-0.2, -0.15) is 0 Å². The fraction of sp³-hybridized carbons (Fsp3) is 0.429. The van der Waals surface area contributed by atoms with Gasteiger partial charge in [0.1, 0.15) is 0 Å². The number of hydrogen-bond acceptors (Lipinski definition) is 2. The van der Waals surface area contributed by atoms with Crippen LogP contribution in [-0.4, -0.2) is 0 Å². The zero-order valence-electron chi connectivity index (χ0n) is 10.3. The first-order chi connectivity index (χ1) is 7.67. The molecule has 16 heavy (non-hydrogen) atoms. The Morgan fingerprint density at radius 2 is 2.00 bits per heavy atom. The molecule has 0 fully saturated rings. The lowest BCUT2D eigenvalue weighted by atomic mass is 9.99. The predicted molar refractivity (Wildman–Crippen MR) is 69.9 cm³/mol. The predicted octanol–water partition coefficient (Wildman–Crippen LogP) is 3.11. The second-order valence-electron chi connectivity index (χ2n) is 4.31. The van der Waals surface area contributed by atoms with Crippen LogP contribution in [0.25, 0.3) is 0 Å². The minimum absolute atomic E-state index is 0.225. The Morgan fingerprint density at radius 3 is 2.44 bits per heavy atom. The molecule has 0 amide bonds. The fourth-order valence-electron chi connectivity index (χ4n) is 1.72. The number of nitrogens with one attached hydrogen (secondary N) is 1. The van der Waals surface area contributed by atoms with E-state index in [-0.39, 0.29) is 6.04 Å². The van der Waals surface area contributed by atoms with Gasteiger partial charge in [0.25, 0.3) is 0 Å². The molecule has 0 aliphatic rings. The van der Waals surface area contributed by atoms with E-state index in [2.05, 4.69) is 43.2 Å². The van der Waals surface area contributed by atoms with Crippen LogP contribution in [0.1, 0.15) is 43.9 Å². The van der Waals surface area contributed by atoms with E-state index in [4.69, 9.17) is 5.84 Å². The first-order valence-electron chi connectivity index (χ1n) is 5.86. The van der Waals surface area contributed by atoms with E-state index in [1.807, 2.05) is 6.92 Å². The van der Waals surface area contributed by atoms with Crippen LogP contribution < -0.4 is 11.3 Å². The summed E-state index contributed by atoms with van der Waals surface area (Å²) >= 11 is 0. The van der Waals surface area contributed by atoms with Gasteiger partial charge in [0, 0.05) is 6.04 Å². The Hall–Kier alpha value is -1.12. The molecular formula is C14H22N2. The molecule has 2 nitrogen and oxygen atoms in total. The quantitative estimate of drug-likeness (QED) is 0.437. The van der Waals surface area contributed by atoms with Gasteiger partial charge in [0.05, 0.1) is 0 Å². The van der Waals surface area contributed by atoms with E-state index < -0.39 is 0 Å². The number of aryl methyl sites for hydroxylation is 1. The zero-order valence-corrected chi connectivity index (χ0v) is 10.3. The molecule has 0 aromatic heterocycles. The van der Waals surface area contributed by atoms with Gasteiger partial charge in [-0.1, -0.05) is 36.8 Å². The Bertz CT molecular complexity index is 327. The van der Waals surface area contributed by atoms with Crippen LogP contribution in [0.5, 0.6) is 0 Å². The van der Waals surface area contributed by atoms with Crippen LogP contribution in [0, 0.1) is 0 Å². The molecule has 1 rings (SSSR count). The second kappa shape index (κ2) is 6.46. The third-order valence-corrected chi connectivity index (χ3v) is 2.85. The van der Waals surface area contributed by atoms with Gasteiger partial charge >= 0.3 is 0 Å². The summed E-state index contributed by atoms with van der Waals surface area (Å²) < 4.78 is 0. The normalized spacial score (nSPS) is 12.4. The summed E-state index contributed by atoms with van der Waals surface area (Å²) in [6, 6.07) is 8.87. The monoisotopic (exact) mass is 218 g/mol. The largest absolute Gasteiger partial charge is 0.271 e. The highest BCUT2D eigenvalue weighted by Crippen LogP contribution is 2.20. The minimum atomic E-state index is 0.225. The van der Waals surface area contributed by atoms with Crippen molar-refractivity contribution in [2.45, 2.75) is 39.2 Å². The van der Waals surface area contributed by atoms with Crippen molar-refractivity contribution in [3.63, 3.8) is 0 Å². The molecule has 0 bridgehead atoms. The number of hydrogen-bond donors (Lipinski definition) is 2. The number of benzene rings is 1. The smallest absolute Gasteiger partial charge is 0.0463 e. The molecule has 0 saturated carbocycles. The summed E-state index contributed by atoms with van der Waals surface area (Å²) in [5, 5.41) is 0. The van der Waals surface area contributed by atoms with Crippen molar-refractivity contribution < 1.29 is 0 Å². The van der Waals surface area contributed by atoms with Crippen LogP contribution in [0.4, 0.5) is 0 Å². The average Bonchev–Trinajstić information content (AvgIpc) is 2.30. The van der Waals surface area contributed by atoms with Gasteiger partial charge in [0.15, 0.2) is 0 Å². The molecule has 0 saturated heterocycles. The van der Waals surface area contributed by atoms with Crippen molar-refractivity contribution in [3.8, 4) is 0 Å². The van der Waals surface area contributed by atoms with Crippen molar-refractivity contribution in [1.82, 2.24) is 5.43 Å².